The predicted octanol–water partition coefficient (Wildman–Crippen LogP) is 3.86. The van der Waals surface area contributed by atoms with Crippen LogP contribution in [0.2, 0.25) is 10.0 Å². The molecule has 0 saturated carbocycles. The first kappa shape index (κ1) is 20.9. The molecule has 1 aliphatic rings. The lowest BCUT2D eigenvalue weighted by molar-refractivity contribution is 0.0162. The van der Waals surface area contributed by atoms with E-state index in [2.05, 4.69) is 39.4 Å². The molecule has 0 spiro atoms. The second-order valence-corrected chi connectivity index (χ2v) is 7.80. The number of halogens is 2. The lowest BCUT2D eigenvalue weighted by Crippen LogP contribution is -2.43. The first-order chi connectivity index (χ1) is 13.5. The molecule has 1 aliphatic heterocycles. The third-order valence-electron chi connectivity index (χ3n) is 4.92. The number of amides is 1. The number of anilines is 1. The second kappa shape index (κ2) is 9.61. The normalized spacial score (nSPS) is 15.9. The minimum atomic E-state index is -0.165. The van der Waals surface area contributed by atoms with Crippen LogP contribution in [0, 0.1) is 0 Å². The van der Waals surface area contributed by atoms with Crippen molar-refractivity contribution in [1.29, 1.82) is 0 Å². The van der Waals surface area contributed by atoms with Crippen LogP contribution in [0.15, 0.2) is 42.5 Å². The summed E-state index contributed by atoms with van der Waals surface area (Å²) in [5.41, 5.74) is 2.81. The quantitative estimate of drug-likeness (QED) is 0.768. The highest BCUT2D eigenvalue weighted by atomic mass is 35.5. The summed E-state index contributed by atoms with van der Waals surface area (Å²) in [5, 5.41) is 3.85. The minimum Gasteiger partial charge on any atom is -0.379 e. The Kier molecular flexibility index (Phi) is 7.18. The zero-order valence-electron chi connectivity index (χ0n) is 16.1. The van der Waals surface area contributed by atoms with Gasteiger partial charge >= 0.3 is 0 Å². The van der Waals surface area contributed by atoms with Gasteiger partial charge in [-0.05, 0) is 35.9 Å². The number of carbonyl (C=O) groups excluding carboxylic acids is 1. The van der Waals surface area contributed by atoms with E-state index < -0.39 is 0 Å². The molecule has 1 heterocycles. The van der Waals surface area contributed by atoms with Gasteiger partial charge in [0, 0.05) is 45.0 Å². The molecule has 0 aliphatic carbocycles. The van der Waals surface area contributed by atoms with E-state index in [1.807, 2.05) is 14.1 Å². The van der Waals surface area contributed by atoms with Gasteiger partial charge in [-0.25, -0.2) is 0 Å². The Balaban J connectivity index is 1.75. The number of carbonyl (C=O) groups is 1. The number of ether oxygens (including phenoxy) is 1. The van der Waals surface area contributed by atoms with Crippen LogP contribution >= 0.6 is 23.2 Å². The molecule has 1 fully saturated rings. The maximum Gasteiger partial charge on any atom is 0.251 e. The molecule has 2 aromatic carbocycles. The summed E-state index contributed by atoms with van der Waals surface area (Å²) in [6.07, 6.45) is 0. The van der Waals surface area contributed by atoms with Crippen molar-refractivity contribution in [3.8, 4) is 0 Å². The molecule has 1 N–H and O–H groups in total. The van der Waals surface area contributed by atoms with E-state index in [4.69, 9.17) is 27.9 Å². The zero-order valence-corrected chi connectivity index (χ0v) is 17.6. The van der Waals surface area contributed by atoms with Crippen molar-refractivity contribution in [2.24, 2.45) is 0 Å². The average molecular weight is 422 g/mol. The van der Waals surface area contributed by atoms with E-state index in [9.17, 15) is 4.79 Å². The van der Waals surface area contributed by atoms with Gasteiger partial charge in [0.25, 0.3) is 5.91 Å². The maximum absolute atomic E-state index is 12.6. The van der Waals surface area contributed by atoms with Gasteiger partial charge in [0.15, 0.2) is 0 Å². The molecule has 150 valence electrons. The van der Waals surface area contributed by atoms with E-state index in [1.165, 1.54) is 5.56 Å². The van der Waals surface area contributed by atoms with E-state index in [0.717, 1.165) is 18.8 Å². The highest BCUT2D eigenvalue weighted by Crippen LogP contribution is 2.25. The molecule has 2 aromatic rings. The largest absolute Gasteiger partial charge is 0.379 e. The fraction of sp³-hybridized carbons (Fsp3) is 0.381. The standard InChI is InChI=1S/C21H25Cl2N3O2/c1-25(2)17-6-3-15(4-7-17)20(26-9-11-28-12-10-26)14-24-21(27)16-5-8-18(22)19(23)13-16/h3-8,13,20H,9-12,14H2,1-2H3,(H,24,27)/t20-/m0/s1. The molecule has 7 heteroatoms. The summed E-state index contributed by atoms with van der Waals surface area (Å²) in [7, 11) is 4.04. The predicted molar refractivity (Wildman–Crippen MR) is 115 cm³/mol. The van der Waals surface area contributed by atoms with E-state index in [0.29, 0.717) is 35.4 Å². The minimum absolute atomic E-state index is 0.0758. The Morgan fingerprint density at radius 2 is 1.79 bits per heavy atom. The number of benzene rings is 2. The molecule has 0 unspecified atom stereocenters. The highest BCUT2D eigenvalue weighted by molar-refractivity contribution is 6.42. The van der Waals surface area contributed by atoms with Gasteiger partial charge in [-0.15, -0.1) is 0 Å². The van der Waals surface area contributed by atoms with E-state index in [1.54, 1.807) is 18.2 Å². The Bertz CT molecular complexity index is 806. The van der Waals surface area contributed by atoms with E-state index in [-0.39, 0.29) is 11.9 Å². The lowest BCUT2D eigenvalue weighted by atomic mass is 10.0. The van der Waals surface area contributed by atoms with Crippen molar-refractivity contribution in [1.82, 2.24) is 10.2 Å². The Morgan fingerprint density at radius 3 is 2.39 bits per heavy atom. The molecular formula is C21H25Cl2N3O2. The summed E-state index contributed by atoms with van der Waals surface area (Å²) in [6, 6.07) is 13.4. The molecule has 1 amide bonds. The zero-order chi connectivity index (χ0) is 20.1. The SMILES string of the molecule is CN(C)c1ccc([C@H](CNC(=O)c2ccc(Cl)c(Cl)c2)N2CCOCC2)cc1. The smallest absolute Gasteiger partial charge is 0.251 e. The van der Waals surface area contributed by atoms with Crippen LogP contribution in [0.25, 0.3) is 0 Å². The monoisotopic (exact) mass is 421 g/mol. The third-order valence-corrected chi connectivity index (χ3v) is 5.66. The number of morpholine rings is 1. The van der Waals surface area contributed by atoms with Gasteiger partial charge in [-0.1, -0.05) is 35.3 Å². The molecule has 0 bridgehead atoms. The summed E-state index contributed by atoms with van der Waals surface area (Å²) in [4.78, 5) is 17.0. The van der Waals surface area contributed by atoms with Crippen molar-refractivity contribution < 1.29 is 9.53 Å². The molecule has 28 heavy (non-hydrogen) atoms. The van der Waals surface area contributed by atoms with Crippen LogP contribution in [0.3, 0.4) is 0 Å². The topological polar surface area (TPSA) is 44.8 Å². The van der Waals surface area contributed by atoms with Gasteiger partial charge in [0.2, 0.25) is 0 Å². The Morgan fingerprint density at radius 1 is 1.11 bits per heavy atom. The van der Waals surface area contributed by atoms with Gasteiger partial charge in [-0.3, -0.25) is 9.69 Å². The van der Waals surface area contributed by atoms with Gasteiger partial charge in [0.05, 0.1) is 29.3 Å². The Labute approximate surface area is 176 Å². The van der Waals surface area contributed by atoms with Crippen LogP contribution in [-0.2, 0) is 4.74 Å². The lowest BCUT2D eigenvalue weighted by Gasteiger charge is -2.35. The average Bonchev–Trinajstić information content (AvgIpc) is 2.71. The van der Waals surface area contributed by atoms with Gasteiger partial charge in [0.1, 0.15) is 0 Å². The van der Waals surface area contributed by atoms with Crippen LogP contribution < -0.4 is 10.2 Å². The Hall–Kier alpha value is -1.79. The summed E-state index contributed by atoms with van der Waals surface area (Å²) in [6.45, 7) is 3.58. The molecule has 1 saturated heterocycles. The van der Waals surface area contributed by atoms with Crippen molar-refractivity contribution >= 4 is 34.8 Å². The van der Waals surface area contributed by atoms with Crippen molar-refractivity contribution in [3.05, 3.63) is 63.6 Å². The number of hydrogen-bond acceptors (Lipinski definition) is 4. The van der Waals surface area contributed by atoms with Crippen LogP contribution in [0.4, 0.5) is 5.69 Å². The molecule has 3 rings (SSSR count). The third kappa shape index (κ3) is 5.17. The summed E-state index contributed by atoms with van der Waals surface area (Å²) < 4.78 is 5.49. The molecule has 0 aromatic heterocycles. The summed E-state index contributed by atoms with van der Waals surface area (Å²) in [5.74, 6) is -0.165. The van der Waals surface area contributed by atoms with Crippen LogP contribution in [-0.4, -0.2) is 57.8 Å². The van der Waals surface area contributed by atoms with Gasteiger partial charge in [-0.2, -0.15) is 0 Å². The van der Waals surface area contributed by atoms with E-state index >= 15 is 0 Å². The fourth-order valence-corrected chi connectivity index (χ4v) is 3.57. The maximum atomic E-state index is 12.6. The molecule has 5 nitrogen and oxygen atoms in total. The number of rotatable bonds is 6. The fourth-order valence-electron chi connectivity index (χ4n) is 3.27. The first-order valence-corrected chi connectivity index (χ1v) is 10.0. The summed E-state index contributed by atoms with van der Waals surface area (Å²) >= 11 is 12.0. The van der Waals surface area contributed by atoms with Crippen molar-refractivity contribution in [2.45, 2.75) is 6.04 Å². The first-order valence-electron chi connectivity index (χ1n) is 9.28. The molecule has 0 radical (unpaired) electrons. The number of hydrogen-bond donors (Lipinski definition) is 1. The van der Waals surface area contributed by atoms with Crippen molar-refractivity contribution in [2.75, 3.05) is 51.8 Å². The van der Waals surface area contributed by atoms with Gasteiger partial charge < -0.3 is 15.0 Å². The van der Waals surface area contributed by atoms with Crippen molar-refractivity contribution in [3.63, 3.8) is 0 Å². The number of nitrogens with one attached hydrogen (secondary N) is 1. The molecular weight excluding hydrogens is 397 g/mol. The second-order valence-electron chi connectivity index (χ2n) is 6.99. The van der Waals surface area contributed by atoms with Crippen LogP contribution in [0.1, 0.15) is 22.0 Å². The molecule has 1 atom stereocenters. The highest BCUT2D eigenvalue weighted by Gasteiger charge is 2.23. The number of nitrogens with zero attached hydrogens (tertiary/aromatic N) is 2. The van der Waals surface area contributed by atoms with Crippen LogP contribution in [0.5, 0.6) is 0 Å².